The lowest BCUT2D eigenvalue weighted by Gasteiger charge is -2.23. The normalized spacial score (nSPS) is 17.2. The number of rotatable bonds is 6. The van der Waals surface area contributed by atoms with Crippen molar-refractivity contribution in [2.45, 2.75) is 45.1 Å². The molecule has 0 bridgehead atoms. The number of carbonyl (C=O) groups excluding carboxylic acids is 1. The fraction of sp³-hybridized carbons (Fsp3) is 0.474. The highest BCUT2D eigenvalue weighted by molar-refractivity contribution is 7.09. The van der Waals surface area contributed by atoms with Crippen LogP contribution in [0.25, 0.3) is 11.3 Å². The molecule has 24 heavy (non-hydrogen) atoms. The van der Waals surface area contributed by atoms with Gasteiger partial charge in [-0.2, -0.15) is 0 Å². The van der Waals surface area contributed by atoms with Crippen molar-refractivity contribution in [2.75, 3.05) is 13.7 Å². The summed E-state index contributed by atoms with van der Waals surface area (Å²) in [5.74, 6) is 1.12. The van der Waals surface area contributed by atoms with Crippen molar-refractivity contribution in [3.05, 3.63) is 34.7 Å². The minimum atomic E-state index is 0.278. The van der Waals surface area contributed by atoms with E-state index in [2.05, 4.69) is 22.2 Å². The summed E-state index contributed by atoms with van der Waals surface area (Å²) in [5.41, 5.74) is 2.05. The molecule has 0 radical (unpaired) electrons. The summed E-state index contributed by atoms with van der Waals surface area (Å²) in [6.45, 7) is 3.09. The van der Waals surface area contributed by atoms with Crippen LogP contribution in [0.1, 0.15) is 37.6 Å². The highest BCUT2D eigenvalue weighted by Gasteiger charge is 2.26. The number of carbonyl (C=O) groups is 1. The second-order valence-electron chi connectivity index (χ2n) is 6.15. The standard InChI is InChI=1S/C19H24N2O2S/c1-3-15-5-4-12-21(15)19(22)11-10-18-20-17(13-24-18)14-6-8-16(23-2)9-7-14/h6-9,13,15H,3-5,10-12H2,1-2H3. The van der Waals surface area contributed by atoms with Crippen molar-refractivity contribution < 1.29 is 9.53 Å². The SMILES string of the molecule is CCC1CCCN1C(=O)CCc1nc(-c2ccc(OC)cc2)cs1. The Bertz CT molecular complexity index is 681. The zero-order valence-corrected chi connectivity index (χ0v) is 15.1. The average Bonchev–Trinajstić information content (AvgIpc) is 3.29. The van der Waals surface area contributed by atoms with Crippen molar-refractivity contribution in [3.8, 4) is 17.0 Å². The number of nitrogens with zero attached hydrogens (tertiary/aromatic N) is 2. The molecule has 1 saturated heterocycles. The Hall–Kier alpha value is -1.88. The first kappa shape index (κ1) is 17.0. The summed E-state index contributed by atoms with van der Waals surface area (Å²) in [5, 5.41) is 3.09. The van der Waals surface area contributed by atoms with Gasteiger partial charge in [-0.25, -0.2) is 4.98 Å². The summed E-state index contributed by atoms with van der Waals surface area (Å²) in [6, 6.07) is 8.35. The molecule has 3 rings (SSSR count). The van der Waals surface area contributed by atoms with Crippen molar-refractivity contribution in [2.24, 2.45) is 0 Å². The molecule has 0 saturated carbocycles. The Labute approximate surface area is 147 Å². The van der Waals surface area contributed by atoms with Crippen molar-refractivity contribution >= 4 is 17.2 Å². The van der Waals surface area contributed by atoms with Crippen LogP contribution in [0.3, 0.4) is 0 Å². The monoisotopic (exact) mass is 344 g/mol. The van der Waals surface area contributed by atoms with Crippen molar-refractivity contribution in [1.82, 2.24) is 9.88 Å². The minimum Gasteiger partial charge on any atom is -0.497 e. The van der Waals surface area contributed by atoms with E-state index in [0.29, 0.717) is 12.5 Å². The highest BCUT2D eigenvalue weighted by atomic mass is 32.1. The maximum atomic E-state index is 12.4. The van der Waals surface area contributed by atoms with E-state index >= 15 is 0 Å². The van der Waals surface area contributed by atoms with Gasteiger partial charge in [-0.3, -0.25) is 4.79 Å². The molecular weight excluding hydrogens is 320 g/mol. The average molecular weight is 344 g/mol. The fourth-order valence-corrected chi connectivity index (χ4v) is 4.07. The van der Waals surface area contributed by atoms with Crippen LogP contribution in [0, 0.1) is 0 Å². The number of likely N-dealkylation sites (tertiary alicyclic amines) is 1. The van der Waals surface area contributed by atoms with Crippen LogP contribution in [0.15, 0.2) is 29.6 Å². The Balaban J connectivity index is 1.58. The second kappa shape index (κ2) is 7.79. The minimum absolute atomic E-state index is 0.278. The number of amides is 1. The van der Waals surface area contributed by atoms with Crippen molar-refractivity contribution in [1.29, 1.82) is 0 Å². The number of methoxy groups -OCH3 is 1. The third-order valence-corrected chi connectivity index (χ3v) is 5.57. The second-order valence-corrected chi connectivity index (χ2v) is 7.09. The van der Waals surface area contributed by atoms with Crippen LogP contribution in [0.2, 0.25) is 0 Å². The number of thiazole rings is 1. The molecule has 2 aromatic rings. The summed E-state index contributed by atoms with van der Waals surface area (Å²) >= 11 is 1.63. The van der Waals surface area contributed by atoms with Crippen molar-refractivity contribution in [3.63, 3.8) is 0 Å². The first-order valence-electron chi connectivity index (χ1n) is 8.59. The predicted molar refractivity (Wildman–Crippen MR) is 97.4 cm³/mol. The molecule has 1 amide bonds. The summed E-state index contributed by atoms with van der Waals surface area (Å²) < 4.78 is 5.18. The van der Waals surface area contributed by atoms with E-state index in [1.807, 2.05) is 24.3 Å². The van der Waals surface area contributed by atoms with Crippen LogP contribution in [-0.4, -0.2) is 35.5 Å². The van der Waals surface area contributed by atoms with Crippen LogP contribution in [0.5, 0.6) is 5.75 Å². The molecule has 1 aromatic heterocycles. The van der Waals surface area contributed by atoms with Gasteiger partial charge in [-0.15, -0.1) is 11.3 Å². The van der Waals surface area contributed by atoms with E-state index in [0.717, 1.165) is 54.2 Å². The van der Waals surface area contributed by atoms with Gasteiger partial charge in [-0.05, 0) is 43.5 Å². The van der Waals surface area contributed by atoms with E-state index < -0.39 is 0 Å². The summed E-state index contributed by atoms with van der Waals surface area (Å²) in [4.78, 5) is 19.2. The van der Waals surface area contributed by atoms with Gasteiger partial charge in [0.05, 0.1) is 17.8 Å². The smallest absolute Gasteiger partial charge is 0.223 e. The maximum Gasteiger partial charge on any atom is 0.223 e. The molecular formula is C19H24N2O2S. The molecule has 1 aromatic carbocycles. The van der Waals surface area contributed by atoms with Crippen LogP contribution < -0.4 is 4.74 Å². The summed E-state index contributed by atoms with van der Waals surface area (Å²) in [7, 11) is 1.66. The van der Waals surface area contributed by atoms with Gasteiger partial charge in [0, 0.05) is 36.4 Å². The molecule has 1 aliphatic heterocycles. The molecule has 2 heterocycles. The van der Waals surface area contributed by atoms with Gasteiger partial charge in [-0.1, -0.05) is 6.92 Å². The molecule has 5 heteroatoms. The lowest BCUT2D eigenvalue weighted by molar-refractivity contribution is -0.132. The fourth-order valence-electron chi connectivity index (χ4n) is 3.27. The molecule has 1 aliphatic rings. The number of ether oxygens (including phenoxy) is 1. The number of hydrogen-bond donors (Lipinski definition) is 0. The van der Waals surface area contributed by atoms with Gasteiger partial charge in [0.25, 0.3) is 0 Å². The largest absolute Gasteiger partial charge is 0.497 e. The molecule has 0 N–H and O–H groups in total. The lowest BCUT2D eigenvalue weighted by Crippen LogP contribution is -2.35. The van der Waals surface area contributed by atoms with Gasteiger partial charge in [0.1, 0.15) is 5.75 Å². The Morgan fingerprint density at radius 2 is 2.17 bits per heavy atom. The number of hydrogen-bond acceptors (Lipinski definition) is 4. The van der Waals surface area contributed by atoms with Gasteiger partial charge in [0.15, 0.2) is 0 Å². The Kier molecular flexibility index (Phi) is 5.51. The number of aryl methyl sites for hydroxylation is 1. The van der Waals surface area contributed by atoms with E-state index in [-0.39, 0.29) is 5.91 Å². The van der Waals surface area contributed by atoms with Crippen LogP contribution in [-0.2, 0) is 11.2 Å². The molecule has 0 aliphatic carbocycles. The third-order valence-electron chi connectivity index (χ3n) is 4.66. The Morgan fingerprint density at radius 1 is 1.38 bits per heavy atom. The molecule has 128 valence electrons. The highest BCUT2D eigenvalue weighted by Crippen LogP contribution is 2.25. The van der Waals surface area contributed by atoms with Gasteiger partial charge < -0.3 is 9.64 Å². The maximum absolute atomic E-state index is 12.4. The van der Waals surface area contributed by atoms with E-state index in [1.165, 1.54) is 0 Å². The predicted octanol–water partition coefficient (Wildman–Crippen LogP) is 4.15. The molecule has 1 atom stereocenters. The number of benzene rings is 1. The zero-order valence-electron chi connectivity index (χ0n) is 14.3. The van der Waals surface area contributed by atoms with Gasteiger partial charge in [0.2, 0.25) is 5.91 Å². The zero-order chi connectivity index (χ0) is 16.9. The Morgan fingerprint density at radius 3 is 2.88 bits per heavy atom. The quantitative estimate of drug-likeness (QED) is 0.790. The summed E-state index contributed by atoms with van der Waals surface area (Å²) in [6.07, 6.45) is 4.65. The molecule has 1 fully saturated rings. The van der Waals surface area contributed by atoms with E-state index in [1.54, 1.807) is 18.4 Å². The topological polar surface area (TPSA) is 42.4 Å². The lowest BCUT2D eigenvalue weighted by atomic mass is 10.1. The first-order valence-corrected chi connectivity index (χ1v) is 9.47. The number of aromatic nitrogens is 1. The third kappa shape index (κ3) is 3.78. The molecule has 1 unspecified atom stereocenters. The van der Waals surface area contributed by atoms with Crippen LogP contribution in [0.4, 0.5) is 0 Å². The van der Waals surface area contributed by atoms with Crippen LogP contribution >= 0.6 is 11.3 Å². The first-order chi connectivity index (χ1) is 11.7. The van der Waals surface area contributed by atoms with Gasteiger partial charge >= 0.3 is 0 Å². The van der Waals surface area contributed by atoms with E-state index in [9.17, 15) is 4.79 Å². The molecule has 4 nitrogen and oxygen atoms in total. The van der Waals surface area contributed by atoms with E-state index in [4.69, 9.17) is 4.74 Å². The molecule has 0 spiro atoms.